The van der Waals surface area contributed by atoms with Crippen LogP contribution in [0.2, 0.25) is 0 Å². The number of aromatic nitrogens is 1. The first-order chi connectivity index (χ1) is 10.7. The SMILES string of the molecule is Cc1ccc2cc(C(=O)Nc3ccc4scnc4c3)oc2c1. The number of rotatable bonds is 2. The Bertz CT molecular complexity index is 1000. The molecule has 0 unspecified atom stereocenters. The molecule has 0 radical (unpaired) electrons. The van der Waals surface area contributed by atoms with Crippen molar-refractivity contribution in [3.63, 3.8) is 0 Å². The molecule has 0 atom stereocenters. The first kappa shape index (κ1) is 13.0. The lowest BCUT2D eigenvalue weighted by Crippen LogP contribution is -2.10. The van der Waals surface area contributed by atoms with Gasteiger partial charge in [0.25, 0.3) is 5.91 Å². The summed E-state index contributed by atoms with van der Waals surface area (Å²) in [4.78, 5) is 16.6. The number of carbonyl (C=O) groups excluding carboxylic acids is 1. The minimum Gasteiger partial charge on any atom is -0.451 e. The largest absolute Gasteiger partial charge is 0.451 e. The standard InChI is InChI=1S/C17H12N2O2S/c1-10-2-3-11-7-15(21-14(11)6-10)17(20)19-12-4-5-16-13(8-12)18-9-22-16/h2-9H,1H3,(H,19,20). The summed E-state index contributed by atoms with van der Waals surface area (Å²) in [5.41, 5.74) is 5.20. The van der Waals surface area contributed by atoms with E-state index in [-0.39, 0.29) is 5.91 Å². The zero-order valence-electron chi connectivity index (χ0n) is 11.8. The van der Waals surface area contributed by atoms with Crippen LogP contribution in [-0.4, -0.2) is 10.9 Å². The molecule has 1 N–H and O–H groups in total. The van der Waals surface area contributed by atoms with Crippen molar-refractivity contribution in [1.82, 2.24) is 4.98 Å². The van der Waals surface area contributed by atoms with Crippen molar-refractivity contribution in [2.45, 2.75) is 6.92 Å². The molecule has 0 fully saturated rings. The Labute approximate surface area is 130 Å². The van der Waals surface area contributed by atoms with Crippen LogP contribution in [-0.2, 0) is 0 Å². The molecule has 0 aliphatic rings. The van der Waals surface area contributed by atoms with Gasteiger partial charge in [0.15, 0.2) is 5.76 Å². The van der Waals surface area contributed by atoms with Crippen LogP contribution in [0.15, 0.2) is 52.4 Å². The van der Waals surface area contributed by atoms with Crippen molar-refractivity contribution in [2.24, 2.45) is 0 Å². The van der Waals surface area contributed by atoms with Gasteiger partial charge in [-0.1, -0.05) is 12.1 Å². The fraction of sp³-hybridized carbons (Fsp3) is 0.0588. The predicted molar refractivity (Wildman–Crippen MR) is 88.5 cm³/mol. The highest BCUT2D eigenvalue weighted by Gasteiger charge is 2.13. The maximum Gasteiger partial charge on any atom is 0.291 e. The summed E-state index contributed by atoms with van der Waals surface area (Å²) in [7, 11) is 0. The molecule has 108 valence electrons. The van der Waals surface area contributed by atoms with Crippen LogP contribution in [0.4, 0.5) is 5.69 Å². The molecule has 0 saturated carbocycles. The van der Waals surface area contributed by atoms with Crippen LogP contribution in [0, 0.1) is 6.92 Å². The number of thiazole rings is 1. The van der Waals surface area contributed by atoms with E-state index in [4.69, 9.17) is 4.42 Å². The number of hydrogen-bond acceptors (Lipinski definition) is 4. The van der Waals surface area contributed by atoms with Crippen LogP contribution < -0.4 is 5.32 Å². The third-order valence-corrected chi connectivity index (χ3v) is 4.30. The van der Waals surface area contributed by atoms with Crippen LogP contribution >= 0.6 is 11.3 Å². The van der Waals surface area contributed by atoms with Gasteiger partial charge in [-0.25, -0.2) is 4.98 Å². The molecule has 2 heterocycles. The molecule has 4 aromatic rings. The molecule has 5 heteroatoms. The summed E-state index contributed by atoms with van der Waals surface area (Å²) in [5, 5.41) is 3.77. The van der Waals surface area contributed by atoms with E-state index in [2.05, 4.69) is 10.3 Å². The first-order valence-electron chi connectivity index (χ1n) is 6.84. The highest BCUT2D eigenvalue weighted by atomic mass is 32.1. The Balaban J connectivity index is 1.64. The predicted octanol–water partition coefficient (Wildman–Crippen LogP) is 4.60. The topological polar surface area (TPSA) is 55.1 Å². The number of amides is 1. The van der Waals surface area contributed by atoms with Gasteiger partial charge in [0.1, 0.15) is 5.58 Å². The number of hydrogen-bond donors (Lipinski definition) is 1. The molecule has 0 bridgehead atoms. The fourth-order valence-corrected chi connectivity index (χ4v) is 3.04. The molecular formula is C17H12N2O2S. The van der Waals surface area contributed by atoms with Crippen LogP contribution in [0.25, 0.3) is 21.2 Å². The summed E-state index contributed by atoms with van der Waals surface area (Å²) in [5.74, 6) is 0.0439. The van der Waals surface area contributed by atoms with Gasteiger partial charge in [-0.3, -0.25) is 4.79 Å². The molecule has 0 aliphatic heterocycles. The molecule has 4 nitrogen and oxygen atoms in total. The van der Waals surface area contributed by atoms with Crippen molar-refractivity contribution in [3.05, 3.63) is 59.3 Å². The number of carbonyl (C=O) groups is 1. The van der Waals surface area contributed by atoms with Crippen molar-refractivity contribution in [3.8, 4) is 0 Å². The Morgan fingerprint density at radius 3 is 3.00 bits per heavy atom. The summed E-state index contributed by atoms with van der Waals surface area (Å²) >= 11 is 1.57. The second-order valence-electron chi connectivity index (χ2n) is 5.14. The lowest BCUT2D eigenvalue weighted by Gasteiger charge is -2.02. The lowest BCUT2D eigenvalue weighted by molar-refractivity contribution is 0.0998. The second kappa shape index (κ2) is 4.96. The Morgan fingerprint density at radius 1 is 1.18 bits per heavy atom. The average Bonchev–Trinajstić information content (AvgIpc) is 3.12. The van der Waals surface area contributed by atoms with E-state index in [9.17, 15) is 4.79 Å². The molecular weight excluding hydrogens is 296 g/mol. The van der Waals surface area contributed by atoms with Crippen molar-refractivity contribution in [1.29, 1.82) is 0 Å². The molecule has 2 aromatic heterocycles. The Hall–Kier alpha value is -2.66. The van der Waals surface area contributed by atoms with Crippen molar-refractivity contribution in [2.75, 3.05) is 5.32 Å². The number of furan rings is 1. The number of aryl methyl sites for hydroxylation is 1. The van der Waals surface area contributed by atoms with Gasteiger partial charge in [-0.05, 0) is 42.8 Å². The van der Waals surface area contributed by atoms with Gasteiger partial charge in [0.2, 0.25) is 0 Å². The number of anilines is 1. The quantitative estimate of drug-likeness (QED) is 0.588. The molecule has 0 saturated heterocycles. The normalized spacial score (nSPS) is 11.1. The van der Waals surface area contributed by atoms with Gasteiger partial charge in [-0.2, -0.15) is 0 Å². The van der Waals surface area contributed by atoms with E-state index in [1.54, 1.807) is 22.9 Å². The van der Waals surface area contributed by atoms with E-state index in [0.29, 0.717) is 11.4 Å². The van der Waals surface area contributed by atoms with Crippen molar-refractivity contribution >= 4 is 44.1 Å². The zero-order valence-corrected chi connectivity index (χ0v) is 12.6. The van der Waals surface area contributed by atoms with E-state index in [0.717, 1.165) is 26.7 Å². The number of benzene rings is 2. The van der Waals surface area contributed by atoms with E-state index in [1.807, 2.05) is 43.3 Å². The van der Waals surface area contributed by atoms with Gasteiger partial charge in [-0.15, -0.1) is 11.3 Å². The molecule has 1 amide bonds. The number of fused-ring (bicyclic) bond motifs is 2. The minimum atomic E-state index is -0.261. The molecule has 0 aliphatic carbocycles. The van der Waals surface area contributed by atoms with E-state index < -0.39 is 0 Å². The fourth-order valence-electron chi connectivity index (χ4n) is 2.38. The van der Waals surface area contributed by atoms with E-state index in [1.165, 1.54) is 0 Å². The van der Waals surface area contributed by atoms with Crippen LogP contribution in [0.3, 0.4) is 0 Å². The molecule has 22 heavy (non-hydrogen) atoms. The van der Waals surface area contributed by atoms with Gasteiger partial charge < -0.3 is 9.73 Å². The summed E-state index contributed by atoms with van der Waals surface area (Å²) in [6.07, 6.45) is 0. The summed E-state index contributed by atoms with van der Waals surface area (Å²) in [6.45, 7) is 1.99. The Kier molecular flexibility index (Phi) is 2.94. The monoisotopic (exact) mass is 308 g/mol. The van der Waals surface area contributed by atoms with Crippen LogP contribution in [0.1, 0.15) is 16.1 Å². The third kappa shape index (κ3) is 2.25. The maximum absolute atomic E-state index is 12.3. The highest BCUT2D eigenvalue weighted by Crippen LogP contribution is 2.24. The number of nitrogens with zero attached hydrogens (tertiary/aromatic N) is 1. The van der Waals surface area contributed by atoms with E-state index >= 15 is 0 Å². The first-order valence-corrected chi connectivity index (χ1v) is 7.72. The average molecular weight is 308 g/mol. The van der Waals surface area contributed by atoms with Crippen molar-refractivity contribution < 1.29 is 9.21 Å². The maximum atomic E-state index is 12.3. The smallest absolute Gasteiger partial charge is 0.291 e. The van der Waals surface area contributed by atoms with Gasteiger partial charge in [0, 0.05) is 11.1 Å². The Morgan fingerprint density at radius 2 is 2.09 bits per heavy atom. The third-order valence-electron chi connectivity index (χ3n) is 3.49. The molecule has 4 rings (SSSR count). The number of nitrogens with one attached hydrogen (secondary N) is 1. The van der Waals surface area contributed by atoms with Gasteiger partial charge >= 0.3 is 0 Å². The molecule has 0 spiro atoms. The second-order valence-corrected chi connectivity index (χ2v) is 6.03. The van der Waals surface area contributed by atoms with Crippen LogP contribution in [0.5, 0.6) is 0 Å². The summed E-state index contributed by atoms with van der Waals surface area (Å²) in [6, 6.07) is 13.3. The van der Waals surface area contributed by atoms with Gasteiger partial charge in [0.05, 0.1) is 15.7 Å². The molecule has 2 aromatic carbocycles. The minimum absolute atomic E-state index is 0.261. The lowest BCUT2D eigenvalue weighted by atomic mass is 10.2. The zero-order chi connectivity index (χ0) is 15.1. The highest BCUT2D eigenvalue weighted by molar-refractivity contribution is 7.16. The summed E-state index contributed by atoms with van der Waals surface area (Å²) < 4.78 is 6.72.